The number of unbranched alkanes of at least 4 members (excludes halogenated alkanes) is 7. The van der Waals surface area contributed by atoms with Crippen LogP contribution in [0.15, 0.2) is 12.2 Å². The summed E-state index contributed by atoms with van der Waals surface area (Å²) in [6, 6.07) is 0. The maximum absolute atomic E-state index is 11.6. The molecule has 2 rings (SSSR count). The van der Waals surface area contributed by atoms with E-state index in [4.69, 9.17) is 9.47 Å². The molecule has 4 heteroatoms. The van der Waals surface area contributed by atoms with Crippen molar-refractivity contribution in [1.82, 2.24) is 0 Å². The minimum Gasteiger partial charge on any atom is -0.462 e. The first-order chi connectivity index (χ1) is 12.5. The first kappa shape index (κ1) is 21.4. The second-order valence-electron chi connectivity index (χ2n) is 8.34. The molecule has 150 valence electrons. The van der Waals surface area contributed by atoms with Gasteiger partial charge in [-0.1, -0.05) is 58.4 Å². The number of esters is 1. The largest absolute Gasteiger partial charge is 0.462 e. The minimum absolute atomic E-state index is 0.0770. The highest BCUT2D eigenvalue weighted by atomic mass is 16.5. The Labute approximate surface area is 159 Å². The van der Waals surface area contributed by atoms with E-state index >= 15 is 0 Å². The molecule has 2 saturated carbocycles. The van der Waals surface area contributed by atoms with Gasteiger partial charge >= 0.3 is 5.97 Å². The lowest BCUT2D eigenvalue weighted by atomic mass is 9.85. The highest BCUT2D eigenvalue weighted by molar-refractivity contribution is 5.86. The summed E-state index contributed by atoms with van der Waals surface area (Å²) < 4.78 is 11.4. The van der Waals surface area contributed by atoms with Crippen molar-refractivity contribution in [3.05, 3.63) is 12.2 Å². The van der Waals surface area contributed by atoms with Gasteiger partial charge in [0.25, 0.3) is 0 Å². The normalized spacial score (nSPS) is 29.9. The second kappa shape index (κ2) is 11.1. The second-order valence-corrected chi connectivity index (χ2v) is 8.34. The molecule has 0 aromatic heterocycles. The van der Waals surface area contributed by atoms with Gasteiger partial charge in [-0.25, -0.2) is 4.79 Å². The van der Waals surface area contributed by atoms with E-state index in [1.807, 2.05) is 0 Å². The number of fused-ring (bicyclic) bond motifs is 2. The summed E-state index contributed by atoms with van der Waals surface area (Å²) >= 11 is 0. The van der Waals surface area contributed by atoms with Crippen molar-refractivity contribution in [3.8, 4) is 0 Å². The highest BCUT2D eigenvalue weighted by Crippen LogP contribution is 2.50. The van der Waals surface area contributed by atoms with Crippen LogP contribution >= 0.6 is 0 Å². The van der Waals surface area contributed by atoms with Gasteiger partial charge in [-0.05, 0) is 43.9 Å². The SMILES string of the molecule is C=C(C)C(=O)OCC1CC2CC1C(OCCCCCCCCCC)C2O. The lowest BCUT2D eigenvalue weighted by Crippen LogP contribution is -2.40. The summed E-state index contributed by atoms with van der Waals surface area (Å²) in [5.74, 6) is 0.624. The molecule has 4 nitrogen and oxygen atoms in total. The molecule has 26 heavy (non-hydrogen) atoms. The summed E-state index contributed by atoms with van der Waals surface area (Å²) in [4.78, 5) is 11.6. The molecule has 2 fully saturated rings. The molecule has 0 aromatic rings. The summed E-state index contributed by atoms with van der Waals surface area (Å²) in [5.41, 5.74) is 0.440. The van der Waals surface area contributed by atoms with Gasteiger partial charge in [-0.15, -0.1) is 0 Å². The average molecular weight is 367 g/mol. The van der Waals surface area contributed by atoms with Crippen molar-refractivity contribution in [2.24, 2.45) is 17.8 Å². The van der Waals surface area contributed by atoms with E-state index < -0.39 is 0 Å². The van der Waals surface area contributed by atoms with Crippen molar-refractivity contribution in [1.29, 1.82) is 0 Å². The highest BCUT2D eigenvalue weighted by Gasteiger charge is 2.53. The number of ether oxygens (including phenoxy) is 2. The Hall–Kier alpha value is -0.870. The summed E-state index contributed by atoms with van der Waals surface area (Å²) in [5, 5.41) is 10.4. The Kier molecular flexibility index (Phi) is 9.13. The Balaban J connectivity index is 1.61. The smallest absolute Gasteiger partial charge is 0.333 e. The zero-order valence-electron chi connectivity index (χ0n) is 16.8. The Bertz CT molecular complexity index is 447. The first-order valence-electron chi connectivity index (χ1n) is 10.7. The van der Waals surface area contributed by atoms with Gasteiger partial charge < -0.3 is 14.6 Å². The van der Waals surface area contributed by atoms with Crippen LogP contribution in [0.4, 0.5) is 0 Å². The van der Waals surface area contributed by atoms with Crippen LogP contribution in [-0.4, -0.2) is 36.5 Å². The van der Waals surface area contributed by atoms with E-state index in [0.29, 0.717) is 29.9 Å². The number of aliphatic hydroxyl groups excluding tert-OH is 1. The van der Waals surface area contributed by atoms with Gasteiger partial charge in [-0.2, -0.15) is 0 Å². The van der Waals surface area contributed by atoms with Crippen molar-refractivity contribution >= 4 is 5.97 Å². The van der Waals surface area contributed by atoms with Crippen molar-refractivity contribution in [2.45, 2.75) is 90.3 Å². The molecule has 0 aromatic carbocycles. The van der Waals surface area contributed by atoms with Gasteiger partial charge in [0.2, 0.25) is 0 Å². The van der Waals surface area contributed by atoms with Crippen LogP contribution in [0, 0.1) is 17.8 Å². The predicted octanol–water partition coefficient (Wildman–Crippen LogP) is 4.65. The molecule has 5 atom stereocenters. The van der Waals surface area contributed by atoms with Crippen LogP contribution in [-0.2, 0) is 14.3 Å². The van der Waals surface area contributed by atoms with Crippen LogP contribution in [0.25, 0.3) is 0 Å². The number of hydrogen-bond donors (Lipinski definition) is 1. The fraction of sp³-hybridized carbons (Fsp3) is 0.864. The molecular formula is C22H38O4. The van der Waals surface area contributed by atoms with E-state index in [1.54, 1.807) is 6.92 Å². The van der Waals surface area contributed by atoms with Crippen LogP contribution in [0.3, 0.4) is 0 Å². The van der Waals surface area contributed by atoms with E-state index in [0.717, 1.165) is 25.9 Å². The zero-order valence-corrected chi connectivity index (χ0v) is 16.8. The fourth-order valence-electron chi connectivity index (χ4n) is 4.58. The zero-order chi connectivity index (χ0) is 18.9. The first-order valence-corrected chi connectivity index (χ1v) is 10.7. The Morgan fingerprint density at radius 2 is 1.73 bits per heavy atom. The number of aliphatic hydroxyl groups is 1. The van der Waals surface area contributed by atoms with E-state index in [-0.39, 0.29) is 18.2 Å². The standard InChI is InChI=1S/C22H38O4/c1-4-5-6-7-8-9-10-11-12-25-21-19-14-17(20(21)23)13-18(19)15-26-22(24)16(2)3/h17-21,23H,2,4-15H2,1,3H3. The average Bonchev–Trinajstić information content (AvgIpc) is 3.16. The van der Waals surface area contributed by atoms with E-state index in [1.165, 1.54) is 44.9 Å². The number of rotatable bonds is 13. The molecule has 2 aliphatic carbocycles. The van der Waals surface area contributed by atoms with Gasteiger partial charge in [0, 0.05) is 12.2 Å². The molecule has 2 bridgehead atoms. The van der Waals surface area contributed by atoms with Crippen LogP contribution in [0.2, 0.25) is 0 Å². The molecule has 0 radical (unpaired) electrons. The fourth-order valence-corrected chi connectivity index (χ4v) is 4.58. The predicted molar refractivity (Wildman–Crippen MR) is 104 cm³/mol. The molecule has 5 unspecified atom stereocenters. The number of hydrogen-bond acceptors (Lipinski definition) is 4. The maximum Gasteiger partial charge on any atom is 0.333 e. The third-order valence-electron chi connectivity index (χ3n) is 6.11. The molecule has 0 spiro atoms. The lowest BCUT2D eigenvalue weighted by Gasteiger charge is -2.32. The number of carbonyl (C=O) groups is 1. The van der Waals surface area contributed by atoms with Gasteiger partial charge in [0.05, 0.1) is 18.8 Å². The van der Waals surface area contributed by atoms with Gasteiger partial charge in [0.15, 0.2) is 0 Å². The van der Waals surface area contributed by atoms with Crippen LogP contribution in [0.1, 0.15) is 78.1 Å². The van der Waals surface area contributed by atoms with Crippen molar-refractivity contribution in [2.75, 3.05) is 13.2 Å². The summed E-state index contributed by atoms with van der Waals surface area (Å²) in [6.45, 7) is 8.70. The van der Waals surface area contributed by atoms with Crippen molar-refractivity contribution in [3.63, 3.8) is 0 Å². The summed E-state index contributed by atoms with van der Waals surface area (Å²) in [7, 11) is 0. The third kappa shape index (κ3) is 6.09. The van der Waals surface area contributed by atoms with Crippen LogP contribution < -0.4 is 0 Å². The van der Waals surface area contributed by atoms with Gasteiger partial charge in [0.1, 0.15) is 0 Å². The Morgan fingerprint density at radius 1 is 1.08 bits per heavy atom. The topological polar surface area (TPSA) is 55.8 Å². The monoisotopic (exact) mass is 366 g/mol. The molecule has 1 N–H and O–H groups in total. The minimum atomic E-state index is -0.345. The molecule has 0 amide bonds. The molecule has 0 heterocycles. The van der Waals surface area contributed by atoms with Gasteiger partial charge in [-0.3, -0.25) is 0 Å². The third-order valence-corrected chi connectivity index (χ3v) is 6.11. The summed E-state index contributed by atoms with van der Waals surface area (Å²) in [6.07, 6.45) is 11.8. The quantitative estimate of drug-likeness (QED) is 0.293. The van der Waals surface area contributed by atoms with E-state index in [2.05, 4.69) is 13.5 Å². The molecule has 0 saturated heterocycles. The molecule has 2 aliphatic rings. The maximum atomic E-state index is 11.6. The Morgan fingerprint density at radius 3 is 2.35 bits per heavy atom. The number of carbonyl (C=O) groups excluding carboxylic acids is 1. The van der Waals surface area contributed by atoms with Crippen molar-refractivity contribution < 1.29 is 19.4 Å². The lowest BCUT2D eigenvalue weighted by molar-refractivity contribution is -0.143. The molecule has 0 aliphatic heterocycles. The van der Waals surface area contributed by atoms with Crippen LogP contribution in [0.5, 0.6) is 0 Å². The van der Waals surface area contributed by atoms with E-state index in [9.17, 15) is 9.90 Å². The molecular weight excluding hydrogens is 328 g/mol.